The Hall–Kier alpha value is -2.09. The van der Waals surface area contributed by atoms with Crippen molar-refractivity contribution >= 4 is 29.3 Å². The normalized spacial score (nSPS) is 11.7. The van der Waals surface area contributed by atoms with Crippen molar-refractivity contribution in [3.05, 3.63) is 33.9 Å². The minimum Gasteiger partial charge on any atom is -0.481 e. The highest BCUT2D eigenvalue weighted by atomic mass is 32.2. The molecule has 0 heterocycles. The van der Waals surface area contributed by atoms with Crippen LogP contribution in [0.25, 0.3) is 0 Å². The third kappa shape index (κ3) is 3.95. The van der Waals surface area contributed by atoms with Crippen LogP contribution in [0.4, 0.5) is 5.69 Å². The molecule has 1 atom stereocenters. The molecule has 108 valence electrons. The number of nitrogens with zero attached hydrogens (tertiary/aromatic N) is 1. The summed E-state index contributed by atoms with van der Waals surface area (Å²) in [6.07, 6.45) is 1.70. The van der Waals surface area contributed by atoms with Crippen molar-refractivity contribution in [1.82, 2.24) is 5.32 Å². The summed E-state index contributed by atoms with van der Waals surface area (Å²) in [6.45, 7) is 1.42. The first-order valence-electron chi connectivity index (χ1n) is 5.70. The summed E-state index contributed by atoms with van der Waals surface area (Å²) in [5.74, 6) is -2.28. The van der Waals surface area contributed by atoms with E-state index in [2.05, 4.69) is 5.32 Å². The molecule has 0 aliphatic carbocycles. The van der Waals surface area contributed by atoms with Crippen LogP contribution in [0.3, 0.4) is 0 Å². The van der Waals surface area contributed by atoms with Crippen LogP contribution in [0.1, 0.15) is 17.3 Å². The minimum absolute atomic E-state index is 0.0355. The fraction of sp³-hybridized carbons (Fsp3) is 0.333. The number of benzene rings is 1. The summed E-state index contributed by atoms with van der Waals surface area (Å²) in [5, 5.41) is 22.0. The van der Waals surface area contributed by atoms with Crippen LogP contribution in [0, 0.1) is 16.0 Å². The highest BCUT2D eigenvalue weighted by Gasteiger charge is 2.18. The fourth-order valence-electron chi connectivity index (χ4n) is 1.41. The van der Waals surface area contributed by atoms with Gasteiger partial charge in [0.15, 0.2) is 0 Å². The highest BCUT2D eigenvalue weighted by molar-refractivity contribution is 7.98. The molecule has 0 aliphatic heterocycles. The average molecular weight is 298 g/mol. The first kappa shape index (κ1) is 16.0. The second-order valence-corrected chi connectivity index (χ2v) is 4.94. The maximum Gasteiger partial charge on any atom is 0.308 e. The molecule has 0 bridgehead atoms. The number of carboxylic acids is 1. The summed E-state index contributed by atoms with van der Waals surface area (Å²) >= 11 is 1.22. The molecule has 2 N–H and O–H groups in total. The minimum atomic E-state index is -1.02. The number of nitro groups is 1. The number of aliphatic carboxylic acids is 1. The van der Waals surface area contributed by atoms with Crippen LogP contribution in [-0.2, 0) is 4.79 Å². The van der Waals surface area contributed by atoms with Crippen LogP contribution in [0.5, 0.6) is 0 Å². The Morgan fingerprint density at radius 3 is 2.65 bits per heavy atom. The molecule has 0 saturated heterocycles. The molecule has 1 rings (SSSR count). The third-order valence-electron chi connectivity index (χ3n) is 2.63. The second kappa shape index (κ2) is 6.90. The average Bonchev–Trinajstić information content (AvgIpc) is 2.43. The molecule has 1 unspecified atom stereocenters. The molecular weight excluding hydrogens is 284 g/mol. The van der Waals surface area contributed by atoms with E-state index in [9.17, 15) is 19.7 Å². The van der Waals surface area contributed by atoms with Crippen molar-refractivity contribution in [2.75, 3.05) is 12.8 Å². The lowest BCUT2D eigenvalue weighted by Crippen LogP contribution is -2.31. The van der Waals surface area contributed by atoms with Crippen molar-refractivity contribution < 1.29 is 19.6 Å². The lowest BCUT2D eigenvalue weighted by molar-refractivity contribution is -0.387. The maximum atomic E-state index is 11.8. The van der Waals surface area contributed by atoms with Gasteiger partial charge >= 0.3 is 5.97 Å². The summed E-state index contributed by atoms with van der Waals surface area (Å²) < 4.78 is 0. The summed E-state index contributed by atoms with van der Waals surface area (Å²) in [6, 6.07) is 4.16. The monoisotopic (exact) mass is 298 g/mol. The summed E-state index contributed by atoms with van der Waals surface area (Å²) in [5.41, 5.74) is -0.0106. The van der Waals surface area contributed by atoms with Gasteiger partial charge in [0.1, 0.15) is 0 Å². The van der Waals surface area contributed by atoms with Gasteiger partial charge in [-0.15, -0.1) is 11.8 Å². The molecule has 1 amide bonds. The molecular formula is C12H14N2O5S. The highest BCUT2D eigenvalue weighted by Crippen LogP contribution is 2.28. The molecule has 8 heteroatoms. The topological polar surface area (TPSA) is 110 Å². The zero-order chi connectivity index (χ0) is 15.3. The fourth-order valence-corrected chi connectivity index (χ4v) is 1.96. The van der Waals surface area contributed by atoms with Gasteiger partial charge in [0.05, 0.1) is 15.7 Å². The molecule has 7 nitrogen and oxygen atoms in total. The van der Waals surface area contributed by atoms with Gasteiger partial charge < -0.3 is 10.4 Å². The molecule has 20 heavy (non-hydrogen) atoms. The van der Waals surface area contributed by atoms with Crippen LogP contribution in [0.15, 0.2) is 23.1 Å². The van der Waals surface area contributed by atoms with E-state index in [1.807, 2.05) is 0 Å². The predicted molar refractivity (Wildman–Crippen MR) is 74.0 cm³/mol. The summed E-state index contributed by atoms with van der Waals surface area (Å²) in [7, 11) is 0. The quantitative estimate of drug-likeness (QED) is 0.470. The van der Waals surface area contributed by atoms with Crippen molar-refractivity contribution in [3.8, 4) is 0 Å². The third-order valence-corrected chi connectivity index (χ3v) is 3.41. The number of hydrogen-bond donors (Lipinski definition) is 2. The number of hydrogen-bond acceptors (Lipinski definition) is 5. The van der Waals surface area contributed by atoms with Crippen LogP contribution >= 0.6 is 11.8 Å². The standard InChI is InChI=1S/C12H14N2O5S/c1-7(12(16)17)6-13-11(15)8-3-4-10(20-2)9(5-8)14(18)19/h3-5,7H,6H2,1-2H3,(H,13,15)(H,16,17). The number of carbonyl (C=O) groups is 2. The SMILES string of the molecule is CSc1ccc(C(=O)NCC(C)C(=O)O)cc1[N+](=O)[O-]. The molecule has 0 fully saturated rings. The molecule has 0 saturated carbocycles. The van der Waals surface area contributed by atoms with E-state index in [1.54, 1.807) is 6.26 Å². The number of thioether (sulfide) groups is 1. The first-order valence-corrected chi connectivity index (χ1v) is 6.92. The van der Waals surface area contributed by atoms with E-state index >= 15 is 0 Å². The molecule has 0 spiro atoms. The van der Waals surface area contributed by atoms with Gasteiger partial charge in [0.2, 0.25) is 0 Å². The Balaban J connectivity index is 2.86. The Morgan fingerprint density at radius 2 is 2.15 bits per heavy atom. The van der Waals surface area contributed by atoms with Crippen molar-refractivity contribution in [1.29, 1.82) is 0 Å². The van der Waals surface area contributed by atoms with Crippen LogP contribution in [-0.4, -0.2) is 34.7 Å². The van der Waals surface area contributed by atoms with Gasteiger partial charge in [-0.05, 0) is 18.4 Å². The predicted octanol–water partition coefficient (Wildman–Crippen LogP) is 1.77. The van der Waals surface area contributed by atoms with Gasteiger partial charge in [-0.1, -0.05) is 6.92 Å². The molecule has 1 aromatic carbocycles. The number of carbonyl (C=O) groups excluding carboxylic acids is 1. The number of rotatable bonds is 6. The number of carboxylic acid groups (broad SMARTS) is 1. The van der Waals surface area contributed by atoms with Crippen molar-refractivity contribution in [3.63, 3.8) is 0 Å². The van der Waals surface area contributed by atoms with Crippen molar-refractivity contribution in [2.45, 2.75) is 11.8 Å². The Labute approximate surface area is 119 Å². The Bertz CT molecular complexity index is 547. The number of nitrogens with one attached hydrogen (secondary N) is 1. The van der Waals surface area contributed by atoms with Crippen LogP contribution < -0.4 is 5.32 Å². The summed E-state index contributed by atoms with van der Waals surface area (Å²) in [4.78, 5) is 33.2. The van der Waals surface area contributed by atoms with Crippen LogP contribution in [0.2, 0.25) is 0 Å². The van der Waals surface area contributed by atoms with E-state index < -0.39 is 22.7 Å². The number of nitro benzene ring substituents is 1. The van der Waals surface area contributed by atoms with Gasteiger partial charge in [0, 0.05) is 18.2 Å². The van der Waals surface area contributed by atoms with E-state index in [0.717, 1.165) is 0 Å². The van der Waals surface area contributed by atoms with E-state index in [0.29, 0.717) is 4.90 Å². The second-order valence-electron chi connectivity index (χ2n) is 4.09. The number of amides is 1. The van der Waals surface area contributed by atoms with Gasteiger partial charge in [-0.25, -0.2) is 0 Å². The zero-order valence-electron chi connectivity index (χ0n) is 11.0. The van der Waals surface area contributed by atoms with E-state index in [1.165, 1.54) is 36.9 Å². The van der Waals surface area contributed by atoms with E-state index in [-0.39, 0.29) is 17.8 Å². The van der Waals surface area contributed by atoms with Crippen molar-refractivity contribution in [2.24, 2.45) is 5.92 Å². The smallest absolute Gasteiger partial charge is 0.308 e. The zero-order valence-corrected chi connectivity index (χ0v) is 11.8. The molecule has 1 aromatic rings. The largest absolute Gasteiger partial charge is 0.481 e. The molecule has 0 aliphatic rings. The van der Waals surface area contributed by atoms with Gasteiger partial charge in [-0.3, -0.25) is 19.7 Å². The van der Waals surface area contributed by atoms with E-state index in [4.69, 9.17) is 5.11 Å². The first-order chi connectivity index (χ1) is 9.36. The molecule has 0 radical (unpaired) electrons. The lowest BCUT2D eigenvalue weighted by atomic mass is 10.1. The maximum absolute atomic E-state index is 11.8. The molecule has 0 aromatic heterocycles. The Morgan fingerprint density at radius 1 is 1.50 bits per heavy atom. The Kier molecular flexibility index (Phi) is 5.51. The van der Waals surface area contributed by atoms with Gasteiger partial charge in [-0.2, -0.15) is 0 Å². The lowest BCUT2D eigenvalue weighted by Gasteiger charge is -2.09. The van der Waals surface area contributed by atoms with Gasteiger partial charge in [0.25, 0.3) is 11.6 Å².